The van der Waals surface area contributed by atoms with Crippen LogP contribution in [0.25, 0.3) is 0 Å². The SMILES string of the molecule is CC/C=C/C/C=C/C/C=C/C/C=C/C/C=C/C/C=C/CCC(=O)OC(COCCC(C(=O)O)[N+](C)(C)C)COC(=O)CC/C=C/C/C=C/CCCCCCCC. The second-order valence-electron chi connectivity index (χ2n) is 14.9. The normalized spacial score (nSPS) is 13.9. The number of carboxylic acids is 1. The van der Waals surface area contributed by atoms with Crippen LogP contribution in [0.2, 0.25) is 0 Å². The zero-order valence-electron chi connectivity index (χ0n) is 35.8. The van der Waals surface area contributed by atoms with Crippen molar-refractivity contribution in [2.75, 3.05) is 41.0 Å². The number of hydrogen-bond acceptors (Lipinski definition) is 6. The molecule has 0 rings (SSSR count). The van der Waals surface area contributed by atoms with Crippen molar-refractivity contribution in [1.29, 1.82) is 0 Å². The van der Waals surface area contributed by atoms with Crippen LogP contribution in [0.15, 0.2) is 97.2 Å². The Balaban J connectivity index is 4.59. The summed E-state index contributed by atoms with van der Waals surface area (Å²) in [7, 11) is 5.47. The molecular formula is C48H78NO7+. The summed E-state index contributed by atoms with van der Waals surface area (Å²) in [6.07, 6.45) is 50.5. The first-order chi connectivity index (χ1) is 27.1. The van der Waals surface area contributed by atoms with Gasteiger partial charge in [0.25, 0.3) is 0 Å². The highest BCUT2D eigenvalue weighted by molar-refractivity contribution is 5.72. The van der Waals surface area contributed by atoms with Crippen LogP contribution in [0.4, 0.5) is 0 Å². The van der Waals surface area contributed by atoms with Crippen LogP contribution in [-0.2, 0) is 28.6 Å². The van der Waals surface area contributed by atoms with Gasteiger partial charge in [-0.15, -0.1) is 0 Å². The summed E-state index contributed by atoms with van der Waals surface area (Å²) in [5.41, 5.74) is 0. The van der Waals surface area contributed by atoms with Gasteiger partial charge in [0, 0.05) is 19.3 Å². The molecule has 1 N–H and O–H groups in total. The second-order valence-corrected chi connectivity index (χ2v) is 14.9. The van der Waals surface area contributed by atoms with Gasteiger partial charge in [0.15, 0.2) is 12.1 Å². The van der Waals surface area contributed by atoms with E-state index < -0.39 is 24.1 Å². The molecule has 2 unspecified atom stereocenters. The minimum atomic E-state index is -0.898. The molecule has 0 aromatic rings. The number of rotatable bonds is 36. The average Bonchev–Trinajstić information content (AvgIpc) is 3.15. The molecule has 0 fully saturated rings. The maximum Gasteiger partial charge on any atom is 0.362 e. The Morgan fingerprint density at radius 2 is 1.00 bits per heavy atom. The standard InChI is InChI=1S/C48H77NO7/c1-6-8-10-12-14-16-18-20-21-22-23-24-25-27-29-31-33-35-37-39-47(51)56-44(42-54-41-40-45(48(52)53)49(3,4)5)43-55-46(50)38-36-34-32-30-28-26-19-17-15-13-11-9-7-2/h8,10,14,16,20-21,23-24,26-29,32-35,44-45H,6-7,9,11-13,15,17-19,22,25,30-31,36-43H2,1-5H3/p+1/b10-8+,16-14+,21-20+,24-23+,28-26+,29-27+,34-32+,35-33+. The predicted octanol–water partition coefficient (Wildman–Crippen LogP) is 11.5. The monoisotopic (exact) mass is 781 g/mol. The molecule has 0 aliphatic heterocycles. The number of carbonyl (C=O) groups excluding carboxylic acids is 2. The lowest BCUT2D eigenvalue weighted by Gasteiger charge is -2.31. The third-order valence-corrected chi connectivity index (χ3v) is 8.74. The summed E-state index contributed by atoms with van der Waals surface area (Å²) in [5, 5.41) is 9.60. The number of ether oxygens (including phenoxy) is 3. The van der Waals surface area contributed by atoms with E-state index in [0.717, 1.165) is 51.4 Å². The van der Waals surface area contributed by atoms with Gasteiger partial charge in [-0.3, -0.25) is 9.59 Å². The first kappa shape index (κ1) is 52.2. The summed E-state index contributed by atoms with van der Waals surface area (Å²) in [5.74, 6) is -1.68. The van der Waals surface area contributed by atoms with E-state index >= 15 is 0 Å². The number of quaternary nitrogens is 1. The van der Waals surface area contributed by atoms with Gasteiger partial charge >= 0.3 is 17.9 Å². The fraction of sp³-hybridized carbons (Fsp3) is 0.604. The maximum absolute atomic E-state index is 12.7. The van der Waals surface area contributed by atoms with Gasteiger partial charge in [-0.2, -0.15) is 0 Å². The molecule has 0 aromatic heterocycles. The lowest BCUT2D eigenvalue weighted by molar-refractivity contribution is -0.887. The number of likely N-dealkylation sites (N-methyl/N-ethyl adjacent to an activating group) is 1. The summed E-state index contributed by atoms with van der Waals surface area (Å²) in [6.45, 7) is 4.44. The number of esters is 2. The molecule has 0 aliphatic rings. The molecule has 0 saturated heterocycles. The van der Waals surface area contributed by atoms with E-state index in [9.17, 15) is 19.5 Å². The molecule has 56 heavy (non-hydrogen) atoms. The average molecular weight is 781 g/mol. The Kier molecular flexibility index (Phi) is 35.6. The molecular weight excluding hydrogens is 703 g/mol. The zero-order chi connectivity index (χ0) is 41.4. The molecule has 0 aliphatic carbocycles. The van der Waals surface area contributed by atoms with Crippen molar-refractivity contribution < 1.29 is 38.2 Å². The number of aliphatic carboxylic acids is 1. The van der Waals surface area contributed by atoms with Gasteiger partial charge in [0.05, 0.1) is 34.4 Å². The molecule has 316 valence electrons. The molecule has 0 saturated carbocycles. The van der Waals surface area contributed by atoms with Crippen molar-refractivity contribution in [3.05, 3.63) is 97.2 Å². The zero-order valence-corrected chi connectivity index (χ0v) is 35.8. The van der Waals surface area contributed by atoms with Crippen molar-refractivity contribution in [2.24, 2.45) is 0 Å². The van der Waals surface area contributed by atoms with Gasteiger partial charge in [-0.25, -0.2) is 4.79 Å². The Morgan fingerprint density at radius 3 is 1.48 bits per heavy atom. The van der Waals surface area contributed by atoms with Crippen LogP contribution >= 0.6 is 0 Å². The lowest BCUT2D eigenvalue weighted by atomic mass is 10.1. The van der Waals surface area contributed by atoms with Gasteiger partial charge in [-0.05, 0) is 70.6 Å². The van der Waals surface area contributed by atoms with Crippen molar-refractivity contribution in [1.82, 2.24) is 0 Å². The highest BCUT2D eigenvalue weighted by atomic mass is 16.6. The minimum Gasteiger partial charge on any atom is -0.477 e. The highest BCUT2D eigenvalue weighted by Crippen LogP contribution is 2.11. The molecule has 0 spiro atoms. The quantitative estimate of drug-likeness (QED) is 0.0292. The summed E-state index contributed by atoms with van der Waals surface area (Å²) in [4.78, 5) is 36.8. The Morgan fingerprint density at radius 1 is 0.554 bits per heavy atom. The van der Waals surface area contributed by atoms with Crippen molar-refractivity contribution in [3.63, 3.8) is 0 Å². The smallest absolute Gasteiger partial charge is 0.362 e. The van der Waals surface area contributed by atoms with Crippen molar-refractivity contribution in [3.8, 4) is 0 Å². The van der Waals surface area contributed by atoms with Gasteiger partial charge in [-0.1, -0.05) is 143 Å². The number of nitrogens with zero attached hydrogens (tertiary/aromatic N) is 1. The highest BCUT2D eigenvalue weighted by Gasteiger charge is 2.31. The Bertz CT molecular complexity index is 1230. The molecule has 0 radical (unpaired) electrons. The van der Waals surface area contributed by atoms with E-state index in [4.69, 9.17) is 14.2 Å². The largest absolute Gasteiger partial charge is 0.477 e. The predicted molar refractivity (Wildman–Crippen MR) is 233 cm³/mol. The first-order valence-electron chi connectivity index (χ1n) is 21.3. The molecule has 2 atom stereocenters. The molecule has 0 bridgehead atoms. The number of allylic oxidation sites excluding steroid dienone is 16. The van der Waals surface area contributed by atoms with E-state index in [-0.39, 0.29) is 43.1 Å². The Hall–Kier alpha value is -3.75. The van der Waals surface area contributed by atoms with E-state index in [1.807, 2.05) is 39.4 Å². The van der Waals surface area contributed by atoms with Crippen molar-refractivity contribution >= 4 is 17.9 Å². The summed E-state index contributed by atoms with van der Waals surface area (Å²) < 4.78 is 17.1. The van der Waals surface area contributed by atoms with Crippen LogP contribution < -0.4 is 0 Å². The van der Waals surface area contributed by atoms with Crippen molar-refractivity contribution in [2.45, 2.75) is 148 Å². The van der Waals surface area contributed by atoms with Crippen LogP contribution in [0.3, 0.4) is 0 Å². The minimum absolute atomic E-state index is 0.00733. The molecule has 8 heteroatoms. The van der Waals surface area contributed by atoms with E-state index in [0.29, 0.717) is 19.3 Å². The topological polar surface area (TPSA) is 99.1 Å². The van der Waals surface area contributed by atoms with Gasteiger partial charge < -0.3 is 23.8 Å². The van der Waals surface area contributed by atoms with E-state index in [1.54, 1.807) is 0 Å². The lowest BCUT2D eigenvalue weighted by Crippen LogP contribution is -2.50. The van der Waals surface area contributed by atoms with Crippen LogP contribution in [0.1, 0.15) is 136 Å². The van der Waals surface area contributed by atoms with Crippen LogP contribution in [-0.4, -0.2) is 80.6 Å². The van der Waals surface area contributed by atoms with Crippen LogP contribution in [0, 0.1) is 0 Å². The number of carbonyl (C=O) groups is 3. The van der Waals surface area contributed by atoms with Crippen LogP contribution in [0.5, 0.6) is 0 Å². The molecule has 8 nitrogen and oxygen atoms in total. The molecule has 0 aromatic carbocycles. The second kappa shape index (κ2) is 38.1. The third kappa shape index (κ3) is 35.9. The van der Waals surface area contributed by atoms with Gasteiger partial charge in [0.1, 0.15) is 6.61 Å². The first-order valence-corrected chi connectivity index (χ1v) is 21.3. The third-order valence-electron chi connectivity index (χ3n) is 8.74. The summed E-state index contributed by atoms with van der Waals surface area (Å²) in [6, 6.07) is -0.640. The molecule has 0 amide bonds. The number of carboxylic acid groups (broad SMARTS) is 1. The summed E-state index contributed by atoms with van der Waals surface area (Å²) >= 11 is 0. The van der Waals surface area contributed by atoms with E-state index in [2.05, 4.69) is 92.8 Å². The maximum atomic E-state index is 12.7. The fourth-order valence-corrected chi connectivity index (χ4v) is 5.46. The fourth-order valence-electron chi connectivity index (χ4n) is 5.46. The van der Waals surface area contributed by atoms with E-state index in [1.165, 1.54) is 38.5 Å². The van der Waals surface area contributed by atoms with Gasteiger partial charge in [0.2, 0.25) is 0 Å². The number of hydrogen-bond donors (Lipinski definition) is 1. The molecule has 0 heterocycles. The Labute approximate surface area is 341 Å². The number of unbranched alkanes of at least 4 members (excludes halogenated alkanes) is 6.